The summed E-state index contributed by atoms with van der Waals surface area (Å²) < 4.78 is 5.54. The first kappa shape index (κ1) is 15.1. The Morgan fingerprint density at radius 1 is 1.00 bits per heavy atom. The second kappa shape index (κ2) is 7.00. The monoisotopic (exact) mass is 376 g/mol. The molecule has 0 aliphatic heterocycles. The van der Waals surface area contributed by atoms with Crippen molar-refractivity contribution in [2.24, 2.45) is 0 Å². The minimum absolute atomic E-state index is 0.712. The van der Waals surface area contributed by atoms with Crippen molar-refractivity contribution in [3.05, 3.63) is 57.4 Å². The molecule has 0 atom stereocenters. The third kappa shape index (κ3) is 3.58. The van der Waals surface area contributed by atoms with Gasteiger partial charge in [0.1, 0.15) is 11.3 Å². The zero-order valence-electron chi connectivity index (χ0n) is 12.0. The van der Waals surface area contributed by atoms with Crippen molar-refractivity contribution >= 4 is 45.8 Å². The van der Waals surface area contributed by atoms with E-state index in [-0.39, 0.29) is 0 Å². The fourth-order valence-corrected chi connectivity index (χ4v) is 5.13. The van der Waals surface area contributed by atoms with E-state index in [1.807, 2.05) is 29.3 Å². The standard InChI is InChI=1S/C16H12N2OS4/c1-2-14(22-4-1)15-17-12(6-19-15)8-21-9-13-10-23-16(18-13)11-3-5-20-7-11/h1-7,10H,8-9H2. The van der Waals surface area contributed by atoms with Gasteiger partial charge in [0, 0.05) is 27.8 Å². The van der Waals surface area contributed by atoms with E-state index in [1.54, 1.807) is 40.3 Å². The van der Waals surface area contributed by atoms with Crippen LogP contribution in [0.25, 0.3) is 21.3 Å². The lowest BCUT2D eigenvalue weighted by Crippen LogP contribution is -1.84. The summed E-state index contributed by atoms with van der Waals surface area (Å²) in [6, 6.07) is 6.14. The van der Waals surface area contributed by atoms with Gasteiger partial charge >= 0.3 is 0 Å². The van der Waals surface area contributed by atoms with Gasteiger partial charge in [-0.1, -0.05) is 6.07 Å². The Bertz CT molecular complexity index is 789. The van der Waals surface area contributed by atoms with Gasteiger partial charge in [-0.05, 0) is 22.9 Å². The van der Waals surface area contributed by atoms with E-state index in [4.69, 9.17) is 9.40 Å². The summed E-state index contributed by atoms with van der Waals surface area (Å²) in [5.74, 6) is 2.44. The maximum absolute atomic E-state index is 5.54. The van der Waals surface area contributed by atoms with E-state index in [9.17, 15) is 0 Å². The average Bonchev–Trinajstić information content (AvgIpc) is 3.33. The van der Waals surface area contributed by atoms with E-state index < -0.39 is 0 Å². The molecule has 0 saturated carbocycles. The predicted molar refractivity (Wildman–Crippen MR) is 100 cm³/mol. The van der Waals surface area contributed by atoms with Crippen molar-refractivity contribution in [2.75, 3.05) is 0 Å². The van der Waals surface area contributed by atoms with Crippen molar-refractivity contribution in [1.82, 2.24) is 9.97 Å². The smallest absolute Gasteiger partial charge is 0.236 e. The van der Waals surface area contributed by atoms with Crippen molar-refractivity contribution < 1.29 is 4.42 Å². The molecule has 7 heteroatoms. The van der Waals surface area contributed by atoms with Crippen LogP contribution in [0.2, 0.25) is 0 Å². The van der Waals surface area contributed by atoms with Gasteiger partial charge in [-0.15, -0.1) is 34.4 Å². The minimum Gasteiger partial charge on any atom is -0.444 e. The van der Waals surface area contributed by atoms with Crippen LogP contribution in [-0.4, -0.2) is 9.97 Å². The zero-order valence-corrected chi connectivity index (χ0v) is 15.2. The van der Waals surface area contributed by atoms with Gasteiger partial charge in [0.05, 0.1) is 16.3 Å². The maximum Gasteiger partial charge on any atom is 0.236 e. The Hall–Kier alpha value is -1.41. The number of oxazole rings is 1. The molecular weight excluding hydrogens is 364 g/mol. The molecule has 3 nitrogen and oxygen atoms in total. The molecule has 0 aromatic carbocycles. The van der Waals surface area contributed by atoms with E-state index in [2.05, 4.69) is 27.2 Å². The van der Waals surface area contributed by atoms with Gasteiger partial charge in [-0.25, -0.2) is 9.97 Å². The second-order valence-corrected chi connectivity index (χ2v) is 8.34. The third-order valence-electron chi connectivity index (χ3n) is 3.10. The lowest BCUT2D eigenvalue weighted by atomic mass is 10.4. The quantitative estimate of drug-likeness (QED) is 0.412. The van der Waals surface area contributed by atoms with E-state index in [1.165, 1.54) is 5.56 Å². The van der Waals surface area contributed by atoms with Crippen LogP contribution in [-0.2, 0) is 11.5 Å². The number of hydrogen-bond donors (Lipinski definition) is 0. The highest BCUT2D eigenvalue weighted by molar-refractivity contribution is 7.97. The molecule has 0 spiro atoms. The lowest BCUT2D eigenvalue weighted by molar-refractivity contribution is 0.575. The van der Waals surface area contributed by atoms with Gasteiger partial charge in [0.25, 0.3) is 0 Å². The number of nitrogens with zero attached hydrogens (tertiary/aromatic N) is 2. The molecule has 0 unspecified atom stereocenters. The first-order valence-electron chi connectivity index (χ1n) is 6.91. The van der Waals surface area contributed by atoms with Gasteiger partial charge in [-0.3, -0.25) is 0 Å². The second-order valence-electron chi connectivity index (χ2n) is 4.77. The molecule has 0 N–H and O–H groups in total. The molecule has 0 radical (unpaired) electrons. The topological polar surface area (TPSA) is 38.9 Å². The molecule has 0 aliphatic rings. The van der Waals surface area contributed by atoms with E-state index in [0.29, 0.717) is 5.89 Å². The molecule has 0 bridgehead atoms. The summed E-state index contributed by atoms with van der Waals surface area (Å²) in [4.78, 5) is 10.3. The number of thioether (sulfide) groups is 1. The Morgan fingerprint density at radius 2 is 1.96 bits per heavy atom. The molecule has 4 heterocycles. The lowest BCUT2D eigenvalue weighted by Gasteiger charge is -1.95. The van der Waals surface area contributed by atoms with E-state index in [0.717, 1.165) is 32.8 Å². The number of aromatic nitrogens is 2. The van der Waals surface area contributed by atoms with Crippen LogP contribution in [0.4, 0.5) is 0 Å². The number of thiophene rings is 2. The molecule has 4 rings (SSSR count). The summed E-state index contributed by atoms with van der Waals surface area (Å²) >= 11 is 6.86. The summed E-state index contributed by atoms with van der Waals surface area (Å²) in [6.07, 6.45) is 1.75. The van der Waals surface area contributed by atoms with Crippen LogP contribution < -0.4 is 0 Å². The largest absolute Gasteiger partial charge is 0.444 e. The summed E-state index contributed by atoms with van der Waals surface area (Å²) in [6.45, 7) is 0. The number of hydrogen-bond acceptors (Lipinski definition) is 7. The van der Waals surface area contributed by atoms with Crippen LogP contribution >= 0.6 is 45.8 Å². The first-order chi connectivity index (χ1) is 11.4. The van der Waals surface area contributed by atoms with Crippen LogP contribution in [0.15, 0.2) is 50.4 Å². The number of rotatable bonds is 6. The van der Waals surface area contributed by atoms with Crippen LogP contribution in [0, 0.1) is 0 Å². The molecule has 4 aromatic rings. The van der Waals surface area contributed by atoms with Crippen molar-refractivity contribution in [3.63, 3.8) is 0 Å². The molecular formula is C16H12N2OS4. The highest BCUT2D eigenvalue weighted by Crippen LogP contribution is 2.28. The van der Waals surface area contributed by atoms with Crippen molar-refractivity contribution in [1.29, 1.82) is 0 Å². The predicted octanol–water partition coefficient (Wildman–Crippen LogP) is 6.02. The maximum atomic E-state index is 5.54. The van der Waals surface area contributed by atoms with Gasteiger partial charge in [0.15, 0.2) is 0 Å². The third-order valence-corrected chi connectivity index (χ3v) is 6.58. The Morgan fingerprint density at radius 3 is 2.78 bits per heavy atom. The summed E-state index contributed by atoms with van der Waals surface area (Å²) in [5.41, 5.74) is 3.32. The van der Waals surface area contributed by atoms with Gasteiger partial charge < -0.3 is 4.42 Å². The summed E-state index contributed by atoms with van der Waals surface area (Å²) in [5, 5.41) is 9.49. The van der Waals surface area contributed by atoms with Crippen molar-refractivity contribution in [2.45, 2.75) is 11.5 Å². The van der Waals surface area contributed by atoms with Crippen LogP contribution in [0.5, 0.6) is 0 Å². The summed E-state index contributed by atoms with van der Waals surface area (Å²) in [7, 11) is 0. The Labute approximate surface area is 150 Å². The molecule has 23 heavy (non-hydrogen) atoms. The fraction of sp³-hybridized carbons (Fsp3) is 0.125. The molecule has 0 saturated heterocycles. The molecule has 116 valence electrons. The zero-order chi connectivity index (χ0) is 15.5. The Kier molecular flexibility index (Phi) is 4.61. The van der Waals surface area contributed by atoms with Gasteiger partial charge in [0.2, 0.25) is 5.89 Å². The van der Waals surface area contributed by atoms with E-state index >= 15 is 0 Å². The van der Waals surface area contributed by atoms with Crippen LogP contribution in [0.1, 0.15) is 11.4 Å². The molecule has 0 aliphatic carbocycles. The normalized spacial score (nSPS) is 11.1. The SMILES string of the molecule is c1csc(-c2nc(CSCc3csc(-c4ccsc4)n3)co2)c1. The first-order valence-corrected chi connectivity index (χ1v) is 10.8. The average molecular weight is 377 g/mol. The molecule has 0 amide bonds. The Balaban J connectivity index is 1.34. The highest BCUT2D eigenvalue weighted by Gasteiger charge is 2.09. The van der Waals surface area contributed by atoms with Crippen molar-refractivity contribution in [3.8, 4) is 21.3 Å². The van der Waals surface area contributed by atoms with Crippen LogP contribution in [0.3, 0.4) is 0 Å². The molecule has 4 aromatic heterocycles. The molecule has 0 fully saturated rings. The number of thiazole rings is 1. The minimum atomic E-state index is 0.712. The van der Waals surface area contributed by atoms with Gasteiger partial charge in [-0.2, -0.15) is 11.3 Å². The fourth-order valence-electron chi connectivity index (χ4n) is 2.04. The highest BCUT2D eigenvalue weighted by atomic mass is 32.2.